The van der Waals surface area contributed by atoms with Crippen LogP contribution in [0.5, 0.6) is 0 Å². The summed E-state index contributed by atoms with van der Waals surface area (Å²) < 4.78 is 1.33. The molecular formula is C16H8ClN3O2. The molecule has 0 saturated heterocycles. The van der Waals surface area contributed by atoms with Crippen LogP contribution in [0.3, 0.4) is 0 Å². The van der Waals surface area contributed by atoms with Crippen LogP contribution in [0.1, 0.15) is 32.1 Å². The summed E-state index contributed by atoms with van der Waals surface area (Å²) in [5.41, 5.74) is 1.43. The number of aromatic nitrogens is 3. The molecule has 0 aliphatic heterocycles. The van der Waals surface area contributed by atoms with Gasteiger partial charge in [-0.25, -0.2) is 4.68 Å². The summed E-state index contributed by atoms with van der Waals surface area (Å²) in [6.07, 6.45) is 0. The number of hydrogen-bond donors (Lipinski definition) is 0. The van der Waals surface area contributed by atoms with Crippen LogP contribution in [-0.4, -0.2) is 26.6 Å². The van der Waals surface area contributed by atoms with E-state index >= 15 is 0 Å². The van der Waals surface area contributed by atoms with Crippen LogP contribution >= 0.6 is 11.6 Å². The highest BCUT2D eigenvalue weighted by atomic mass is 35.5. The number of fused-ring (bicyclic) bond motifs is 2. The monoisotopic (exact) mass is 309 g/mol. The van der Waals surface area contributed by atoms with Gasteiger partial charge in [0.15, 0.2) is 5.69 Å². The van der Waals surface area contributed by atoms with E-state index in [4.69, 9.17) is 11.6 Å². The van der Waals surface area contributed by atoms with E-state index < -0.39 is 0 Å². The lowest BCUT2D eigenvalue weighted by atomic mass is 9.90. The number of rotatable bonds is 1. The molecule has 1 aromatic heterocycles. The SMILES string of the molecule is O=C1c2ccccc2C(=O)c2c1nnn2-c1ccccc1Cl. The lowest BCUT2D eigenvalue weighted by Gasteiger charge is -2.14. The second-order valence-corrected chi connectivity index (χ2v) is 5.26. The van der Waals surface area contributed by atoms with E-state index in [9.17, 15) is 9.59 Å². The fourth-order valence-electron chi connectivity index (χ4n) is 2.56. The minimum Gasteiger partial charge on any atom is -0.287 e. The summed E-state index contributed by atoms with van der Waals surface area (Å²) in [6.45, 7) is 0. The lowest BCUT2D eigenvalue weighted by Crippen LogP contribution is -2.23. The molecule has 1 aliphatic carbocycles. The van der Waals surface area contributed by atoms with Gasteiger partial charge in [-0.05, 0) is 12.1 Å². The minimum absolute atomic E-state index is 0.0589. The van der Waals surface area contributed by atoms with Crippen molar-refractivity contribution in [3.8, 4) is 5.69 Å². The zero-order valence-electron chi connectivity index (χ0n) is 11.2. The van der Waals surface area contributed by atoms with E-state index in [0.29, 0.717) is 21.8 Å². The first-order chi connectivity index (χ1) is 10.7. The Kier molecular flexibility index (Phi) is 2.71. The van der Waals surface area contributed by atoms with Crippen LogP contribution in [0, 0.1) is 0 Å². The minimum atomic E-state index is -0.302. The number of carbonyl (C=O) groups excluding carboxylic acids is 2. The van der Waals surface area contributed by atoms with Crippen LogP contribution in [0.4, 0.5) is 0 Å². The van der Waals surface area contributed by atoms with E-state index in [1.165, 1.54) is 4.68 Å². The third-order valence-corrected chi connectivity index (χ3v) is 3.92. The molecular weight excluding hydrogens is 302 g/mol. The van der Waals surface area contributed by atoms with Gasteiger partial charge < -0.3 is 0 Å². The average Bonchev–Trinajstić information content (AvgIpc) is 2.98. The number of hydrogen-bond acceptors (Lipinski definition) is 4. The Bertz CT molecular complexity index is 946. The van der Waals surface area contributed by atoms with Crippen molar-refractivity contribution in [2.45, 2.75) is 0 Å². The molecule has 6 heteroatoms. The maximum atomic E-state index is 12.7. The second kappa shape index (κ2) is 4.61. The van der Waals surface area contributed by atoms with E-state index in [-0.39, 0.29) is 23.0 Å². The quantitative estimate of drug-likeness (QED) is 0.542. The molecule has 0 atom stereocenters. The molecule has 0 unspecified atom stereocenters. The summed E-state index contributed by atoms with van der Waals surface area (Å²) in [4.78, 5) is 25.2. The van der Waals surface area contributed by atoms with Gasteiger partial charge in [-0.15, -0.1) is 5.10 Å². The molecule has 3 aromatic rings. The van der Waals surface area contributed by atoms with Crippen LogP contribution < -0.4 is 0 Å². The lowest BCUT2D eigenvalue weighted by molar-refractivity contribution is 0.0972. The number of carbonyl (C=O) groups is 2. The first-order valence-corrected chi connectivity index (χ1v) is 6.95. The van der Waals surface area contributed by atoms with E-state index in [2.05, 4.69) is 10.3 Å². The number of benzene rings is 2. The van der Waals surface area contributed by atoms with Gasteiger partial charge in [0.05, 0.1) is 10.7 Å². The standard InChI is InChI=1S/C16H8ClN3O2/c17-11-7-3-4-8-12(11)20-14-13(18-19-20)15(21)9-5-1-2-6-10(9)16(14)22/h1-8H. The fourth-order valence-corrected chi connectivity index (χ4v) is 2.78. The molecule has 2 aromatic carbocycles. The molecule has 0 saturated carbocycles. The smallest absolute Gasteiger partial charge is 0.216 e. The highest BCUT2D eigenvalue weighted by molar-refractivity contribution is 6.32. The molecule has 0 spiro atoms. The summed E-state index contributed by atoms with van der Waals surface area (Å²) >= 11 is 6.16. The molecule has 0 radical (unpaired) electrons. The topological polar surface area (TPSA) is 64.8 Å². The first-order valence-electron chi connectivity index (χ1n) is 6.57. The molecule has 0 bridgehead atoms. The van der Waals surface area contributed by atoms with Gasteiger partial charge in [0.2, 0.25) is 11.6 Å². The third-order valence-electron chi connectivity index (χ3n) is 3.60. The van der Waals surface area contributed by atoms with Crippen LogP contribution in [0.15, 0.2) is 48.5 Å². The maximum absolute atomic E-state index is 12.7. The van der Waals surface area contributed by atoms with Crippen LogP contribution in [0.25, 0.3) is 5.69 Å². The summed E-state index contributed by atoms with van der Waals surface area (Å²) in [6, 6.07) is 13.6. The Balaban J connectivity index is 1.99. The van der Waals surface area contributed by atoms with Crippen LogP contribution in [-0.2, 0) is 0 Å². The third kappa shape index (κ3) is 1.66. The van der Waals surface area contributed by atoms with Crippen molar-refractivity contribution in [3.63, 3.8) is 0 Å². The highest BCUT2D eigenvalue weighted by Gasteiger charge is 2.35. The molecule has 0 amide bonds. The van der Waals surface area contributed by atoms with Gasteiger partial charge in [0.1, 0.15) is 5.69 Å². The molecule has 0 fully saturated rings. The van der Waals surface area contributed by atoms with E-state index in [1.807, 2.05) is 0 Å². The molecule has 1 heterocycles. The van der Waals surface area contributed by atoms with Gasteiger partial charge in [-0.3, -0.25) is 9.59 Å². The zero-order chi connectivity index (χ0) is 15.3. The number of ketones is 2. The molecule has 0 N–H and O–H groups in total. The van der Waals surface area contributed by atoms with Crippen molar-refractivity contribution in [2.24, 2.45) is 0 Å². The van der Waals surface area contributed by atoms with Crippen molar-refractivity contribution >= 4 is 23.2 Å². The number of para-hydroxylation sites is 1. The van der Waals surface area contributed by atoms with Crippen molar-refractivity contribution < 1.29 is 9.59 Å². The van der Waals surface area contributed by atoms with Gasteiger partial charge in [0, 0.05) is 11.1 Å². The predicted molar refractivity (Wildman–Crippen MR) is 79.7 cm³/mol. The van der Waals surface area contributed by atoms with Crippen molar-refractivity contribution in [3.05, 3.63) is 76.1 Å². The fraction of sp³-hybridized carbons (Fsp3) is 0. The Hall–Kier alpha value is -2.79. The van der Waals surface area contributed by atoms with Gasteiger partial charge >= 0.3 is 0 Å². The summed E-state index contributed by atoms with van der Waals surface area (Å²) in [7, 11) is 0. The van der Waals surface area contributed by atoms with Gasteiger partial charge in [-0.2, -0.15) is 0 Å². The molecule has 4 rings (SSSR count). The maximum Gasteiger partial charge on any atom is 0.216 e. The summed E-state index contributed by atoms with van der Waals surface area (Å²) in [5, 5.41) is 8.27. The van der Waals surface area contributed by atoms with E-state index in [0.717, 1.165) is 0 Å². The van der Waals surface area contributed by atoms with Crippen molar-refractivity contribution in [1.29, 1.82) is 0 Å². The molecule has 106 valence electrons. The van der Waals surface area contributed by atoms with Crippen molar-refractivity contribution in [1.82, 2.24) is 15.0 Å². The molecule has 22 heavy (non-hydrogen) atoms. The van der Waals surface area contributed by atoms with Crippen molar-refractivity contribution in [2.75, 3.05) is 0 Å². The molecule has 5 nitrogen and oxygen atoms in total. The normalized spacial score (nSPS) is 13.0. The Labute approximate surface area is 130 Å². The predicted octanol–water partition coefficient (Wildman–Crippen LogP) is 2.70. The number of halogens is 1. The summed E-state index contributed by atoms with van der Waals surface area (Å²) in [5.74, 6) is -0.585. The van der Waals surface area contributed by atoms with Gasteiger partial charge in [-0.1, -0.05) is 53.2 Å². The zero-order valence-corrected chi connectivity index (χ0v) is 11.9. The Morgan fingerprint density at radius 3 is 2.23 bits per heavy atom. The van der Waals surface area contributed by atoms with E-state index in [1.54, 1.807) is 48.5 Å². The van der Waals surface area contributed by atoms with Crippen LogP contribution in [0.2, 0.25) is 5.02 Å². The average molecular weight is 310 g/mol. The second-order valence-electron chi connectivity index (χ2n) is 4.85. The number of nitrogens with zero attached hydrogens (tertiary/aromatic N) is 3. The van der Waals surface area contributed by atoms with Gasteiger partial charge in [0.25, 0.3) is 0 Å². The first kappa shape index (κ1) is 12.9. The largest absolute Gasteiger partial charge is 0.287 e. The Morgan fingerprint density at radius 2 is 1.50 bits per heavy atom. The highest BCUT2D eigenvalue weighted by Crippen LogP contribution is 2.29. The Morgan fingerprint density at radius 1 is 0.864 bits per heavy atom. The molecule has 1 aliphatic rings.